The van der Waals surface area contributed by atoms with Crippen molar-refractivity contribution in [2.75, 3.05) is 6.61 Å². The Bertz CT molecular complexity index is 106. The molecule has 0 aromatic rings. The molecule has 5 heteroatoms. The molecule has 0 amide bonds. The molecule has 0 aromatic heterocycles. The van der Waals surface area contributed by atoms with Crippen LogP contribution in [0.4, 0.5) is 4.39 Å². The first-order valence-corrected chi connectivity index (χ1v) is 2.93. The van der Waals surface area contributed by atoms with Crippen LogP contribution in [0.15, 0.2) is 0 Å². The summed E-state index contributed by atoms with van der Waals surface area (Å²) in [6.45, 7) is -0.278. The van der Waals surface area contributed by atoms with Crippen LogP contribution in [0.3, 0.4) is 0 Å². The molecule has 1 unspecified atom stereocenters. The number of alkyl halides is 1. The van der Waals surface area contributed by atoms with Crippen LogP contribution >= 0.6 is 0 Å². The number of hydrogen-bond acceptors (Lipinski definition) is 4. The molecule has 10 heavy (non-hydrogen) atoms. The zero-order chi connectivity index (χ0) is 7.72. The second-order valence-corrected chi connectivity index (χ2v) is 2.23. The van der Waals surface area contributed by atoms with Gasteiger partial charge in [0, 0.05) is 0 Å². The summed E-state index contributed by atoms with van der Waals surface area (Å²) in [5.41, 5.74) is 0. The van der Waals surface area contributed by atoms with Crippen molar-refractivity contribution in [1.82, 2.24) is 0 Å². The fourth-order valence-electron chi connectivity index (χ4n) is 0.770. The Morgan fingerprint density at radius 3 is 2.30 bits per heavy atom. The van der Waals surface area contributed by atoms with Crippen LogP contribution in [-0.4, -0.2) is 46.6 Å². The number of halogens is 1. The van der Waals surface area contributed by atoms with E-state index in [1.165, 1.54) is 0 Å². The minimum atomic E-state index is -1.89. The SMILES string of the molecule is O[C@H]1[C@H](O)C(F)OC[C@@H]1O. The minimum Gasteiger partial charge on any atom is -0.388 e. The molecule has 0 saturated carbocycles. The quantitative estimate of drug-likeness (QED) is 0.391. The zero-order valence-electron chi connectivity index (χ0n) is 5.14. The summed E-state index contributed by atoms with van der Waals surface area (Å²) in [7, 11) is 0. The van der Waals surface area contributed by atoms with Crippen LogP contribution in [0.1, 0.15) is 0 Å². The van der Waals surface area contributed by atoms with Gasteiger partial charge in [0.05, 0.1) is 6.61 Å². The zero-order valence-corrected chi connectivity index (χ0v) is 5.14. The normalized spacial score (nSPS) is 49.2. The van der Waals surface area contributed by atoms with Crippen LogP contribution in [0, 0.1) is 0 Å². The van der Waals surface area contributed by atoms with Crippen molar-refractivity contribution >= 4 is 0 Å². The summed E-state index contributed by atoms with van der Waals surface area (Å²) in [6.07, 6.45) is -6.16. The highest BCUT2D eigenvalue weighted by molar-refractivity contribution is 4.81. The number of aliphatic hydroxyl groups excluding tert-OH is 3. The average molecular weight is 152 g/mol. The lowest BCUT2D eigenvalue weighted by Gasteiger charge is -2.30. The van der Waals surface area contributed by atoms with Gasteiger partial charge in [-0.15, -0.1) is 0 Å². The molecule has 4 atom stereocenters. The van der Waals surface area contributed by atoms with Gasteiger partial charge in [0.15, 0.2) is 0 Å². The number of ether oxygens (including phenoxy) is 1. The maximum Gasteiger partial charge on any atom is 0.227 e. The third kappa shape index (κ3) is 1.27. The molecule has 3 N–H and O–H groups in total. The molecule has 1 heterocycles. The lowest BCUT2D eigenvalue weighted by molar-refractivity contribution is -0.224. The molecular weight excluding hydrogens is 143 g/mol. The van der Waals surface area contributed by atoms with E-state index in [1.54, 1.807) is 0 Å². The predicted octanol–water partition coefficient (Wildman–Crippen LogP) is -1.61. The van der Waals surface area contributed by atoms with E-state index in [0.29, 0.717) is 0 Å². The topological polar surface area (TPSA) is 69.9 Å². The van der Waals surface area contributed by atoms with Crippen molar-refractivity contribution in [3.8, 4) is 0 Å². The van der Waals surface area contributed by atoms with Gasteiger partial charge in [-0.05, 0) is 0 Å². The maximum atomic E-state index is 12.3. The summed E-state index contributed by atoms with van der Waals surface area (Å²) in [4.78, 5) is 0. The standard InChI is InChI=1S/C5H9FO4/c6-5-4(9)3(8)2(7)1-10-5/h2-5,7-9H,1H2/t2-,3+,4-,5?/m0/s1. The number of hydrogen-bond donors (Lipinski definition) is 3. The van der Waals surface area contributed by atoms with Crippen molar-refractivity contribution in [1.29, 1.82) is 0 Å². The van der Waals surface area contributed by atoms with Gasteiger partial charge in [-0.2, -0.15) is 0 Å². The lowest BCUT2D eigenvalue weighted by atomic mass is 10.1. The van der Waals surface area contributed by atoms with Crippen LogP contribution in [0.25, 0.3) is 0 Å². The molecule has 0 bridgehead atoms. The third-order valence-corrected chi connectivity index (χ3v) is 1.44. The van der Waals surface area contributed by atoms with E-state index in [2.05, 4.69) is 4.74 Å². The second-order valence-electron chi connectivity index (χ2n) is 2.23. The molecule has 0 spiro atoms. The third-order valence-electron chi connectivity index (χ3n) is 1.44. The highest BCUT2D eigenvalue weighted by atomic mass is 19.1. The molecule has 0 radical (unpaired) electrons. The summed E-state index contributed by atoms with van der Waals surface area (Å²) >= 11 is 0. The van der Waals surface area contributed by atoms with Crippen molar-refractivity contribution in [3.05, 3.63) is 0 Å². The van der Waals surface area contributed by atoms with E-state index >= 15 is 0 Å². The smallest absolute Gasteiger partial charge is 0.227 e. The first-order valence-electron chi connectivity index (χ1n) is 2.93. The molecular formula is C5H9FO4. The molecule has 1 aliphatic rings. The van der Waals surface area contributed by atoms with Crippen LogP contribution < -0.4 is 0 Å². The molecule has 1 saturated heterocycles. The van der Waals surface area contributed by atoms with Crippen LogP contribution in [-0.2, 0) is 4.74 Å². The maximum absolute atomic E-state index is 12.3. The minimum absolute atomic E-state index is 0.278. The van der Waals surface area contributed by atoms with Gasteiger partial charge in [0.2, 0.25) is 6.36 Å². The fourth-order valence-corrected chi connectivity index (χ4v) is 0.770. The summed E-state index contributed by atoms with van der Waals surface area (Å²) in [6, 6.07) is 0. The second kappa shape index (κ2) is 2.79. The van der Waals surface area contributed by atoms with Gasteiger partial charge in [-0.25, -0.2) is 4.39 Å². The van der Waals surface area contributed by atoms with Gasteiger partial charge in [-0.1, -0.05) is 0 Å². The molecule has 0 aromatic carbocycles. The van der Waals surface area contributed by atoms with Gasteiger partial charge in [0.1, 0.15) is 18.3 Å². The lowest BCUT2D eigenvalue weighted by Crippen LogP contribution is -2.51. The molecule has 0 aliphatic carbocycles. The van der Waals surface area contributed by atoms with Crippen molar-refractivity contribution in [3.63, 3.8) is 0 Å². The van der Waals surface area contributed by atoms with Gasteiger partial charge >= 0.3 is 0 Å². The summed E-state index contributed by atoms with van der Waals surface area (Å²) in [5.74, 6) is 0. The Kier molecular flexibility index (Phi) is 2.20. The Morgan fingerprint density at radius 2 is 1.80 bits per heavy atom. The monoisotopic (exact) mass is 152 g/mol. The van der Waals surface area contributed by atoms with Crippen molar-refractivity contribution in [2.24, 2.45) is 0 Å². The van der Waals surface area contributed by atoms with Crippen molar-refractivity contribution in [2.45, 2.75) is 24.7 Å². The fraction of sp³-hybridized carbons (Fsp3) is 1.00. The highest BCUT2D eigenvalue weighted by Crippen LogP contribution is 2.15. The highest BCUT2D eigenvalue weighted by Gasteiger charge is 2.37. The Morgan fingerprint density at radius 1 is 1.20 bits per heavy atom. The first kappa shape index (κ1) is 7.87. The van der Waals surface area contributed by atoms with E-state index in [1.807, 2.05) is 0 Å². The van der Waals surface area contributed by atoms with E-state index in [4.69, 9.17) is 15.3 Å². The number of aliphatic hydroxyl groups is 3. The molecule has 1 aliphatic heterocycles. The Balaban J connectivity index is 2.52. The predicted molar refractivity (Wildman–Crippen MR) is 28.9 cm³/mol. The van der Waals surface area contributed by atoms with E-state index in [0.717, 1.165) is 0 Å². The molecule has 4 nitrogen and oxygen atoms in total. The van der Waals surface area contributed by atoms with Gasteiger partial charge < -0.3 is 20.1 Å². The van der Waals surface area contributed by atoms with Crippen LogP contribution in [0.2, 0.25) is 0 Å². The average Bonchev–Trinajstić information content (AvgIpc) is 1.93. The molecule has 1 fully saturated rings. The first-order chi connectivity index (χ1) is 4.63. The van der Waals surface area contributed by atoms with E-state index in [-0.39, 0.29) is 6.61 Å². The molecule has 1 rings (SSSR count). The summed E-state index contributed by atoms with van der Waals surface area (Å²) < 4.78 is 16.5. The van der Waals surface area contributed by atoms with Gasteiger partial charge in [-0.3, -0.25) is 0 Å². The Hall–Kier alpha value is -0.230. The van der Waals surface area contributed by atoms with Crippen LogP contribution in [0.5, 0.6) is 0 Å². The van der Waals surface area contributed by atoms with Gasteiger partial charge in [0.25, 0.3) is 0 Å². The molecule has 60 valence electrons. The largest absolute Gasteiger partial charge is 0.388 e. The van der Waals surface area contributed by atoms with E-state index < -0.39 is 24.7 Å². The Labute approximate surface area is 56.9 Å². The number of rotatable bonds is 0. The summed E-state index contributed by atoms with van der Waals surface area (Å²) in [5, 5.41) is 26.3. The van der Waals surface area contributed by atoms with E-state index in [9.17, 15) is 4.39 Å². The van der Waals surface area contributed by atoms with Crippen molar-refractivity contribution < 1.29 is 24.4 Å².